The first-order chi connectivity index (χ1) is 17.5. The maximum absolute atomic E-state index is 11.7. The Balaban J connectivity index is 1.59. The zero-order valence-corrected chi connectivity index (χ0v) is 20.9. The topological polar surface area (TPSA) is 98.6 Å². The van der Waals surface area contributed by atoms with Gasteiger partial charge in [-0.1, -0.05) is 6.07 Å². The zero-order chi connectivity index (χ0) is 25.4. The summed E-state index contributed by atoms with van der Waals surface area (Å²) in [5.41, 5.74) is 5.80. The molecule has 0 saturated carbocycles. The molecule has 36 heavy (non-hydrogen) atoms. The summed E-state index contributed by atoms with van der Waals surface area (Å²) in [4.78, 5) is 0. The van der Waals surface area contributed by atoms with Gasteiger partial charge in [0.2, 0.25) is 5.75 Å². The number of aliphatic hydroxyl groups excluding tert-OH is 1. The molecule has 0 saturated heterocycles. The van der Waals surface area contributed by atoms with Crippen LogP contribution in [-0.2, 0) is 12.8 Å². The summed E-state index contributed by atoms with van der Waals surface area (Å²) in [5, 5.41) is 25.0. The van der Waals surface area contributed by atoms with E-state index in [9.17, 15) is 10.2 Å². The van der Waals surface area contributed by atoms with Crippen molar-refractivity contribution in [3.05, 3.63) is 58.7 Å². The van der Waals surface area contributed by atoms with Crippen molar-refractivity contribution in [3.63, 3.8) is 0 Å². The SMILES string of the molecule is CNCOc1cc(OC)c2c(c1)-c1ccc3c(c1CC2)[C@@H](O)[C@H](c1cc(OC)c(O)c(OC)c1)CO3. The number of fused-ring (bicyclic) bond motifs is 5. The first-order valence-corrected chi connectivity index (χ1v) is 11.9. The molecule has 0 amide bonds. The van der Waals surface area contributed by atoms with Crippen LogP contribution in [0.15, 0.2) is 36.4 Å². The number of nitrogens with one attached hydrogen (secondary N) is 1. The highest BCUT2D eigenvalue weighted by Crippen LogP contribution is 2.50. The maximum atomic E-state index is 11.7. The summed E-state index contributed by atoms with van der Waals surface area (Å²) in [7, 11) is 6.46. The molecule has 3 N–H and O–H groups in total. The number of ether oxygens (including phenoxy) is 5. The van der Waals surface area contributed by atoms with E-state index < -0.39 is 6.10 Å². The lowest BCUT2D eigenvalue weighted by atomic mass is 9.77. The Morgan fingerprint density at radius 1 is 0.917 bits per heavy atom. The number of aliphatic hydroxyl groups is 1. The molecule has 8 nitrogen and oxygen atoms in total. The van der Waals surface area contributed by atoms with E-state index in [0.29, 0.717) is 18.2 Å². The maximum Gasteiger partial charge on any atom is 0.200 e. The van der Waals surface area contributed by atoms with Crippen LogP contribution in [0.25, 0.3) is 11.1 Å². The van der Waals surface area contributed by atoms with Gasteiger partial charge in [-0.3, -0.25) is 5.32 Å². The third kappa shape index (κ3) is 3.96. The van der Waals surface area contributed by atoms with Gasteiger partial charge in [0.25, 0.3) is 0 Å². The average Bonchev–Trinajstić information content (AvgIpc) is 2.91. The van der Waals surface area contributed by atoms with Crippen molar-refractivity contribution in [2.45, 2.75) is 24.9 Å². The molecule has 0 aromatic heterocycles. The predicted octanol–water partition coefficient (Wildman–Crippen LogP) is 3.95. The lowest BCUT2D eigenvalue weighted by Crippen LogP contribution is -2.26. The van der Waals surface area contributed by atoms with E-state index in [2.05, 4.69) is 5.32 Å². The van der Waals surface area contributed by atoms with Crippen LogP contribution in [0.4, 0.5) is 0 Å². The Kier molecular flexibility index (Phi) is 6.55. The Labute approximate surface area is 210 Å². The Morgan fingerprint density at radius 3 is 2.28 bits per heavy atom. The van der Waals surface area contributed by atoms with Gasteiger partial charge < -0.3 is 33.9 Å². The number of hydrogen-bond acceptors (Lipinski definition) is 8. The monoisotopic (exact) mass is 493 g/mol. The van der Waals surface area contributed by atoms with Crippen LogP contribution in [0, 0.1) is 0 Å². The highest BCUT2D eigenvalue weighted by Gasteiger charge is 2.36. The van der Waals surface area contributed by atoms with Crippen molar-refractivity contribution in [2.24, 2.45) is 0 Å². The molecule has 0 bridgehead atoms. The first-order valence-electron chi connectivity index (χ1n) is 11.9. The van der Waals surface area contributed by atoms with Crippen molar-refractivity contribution in [1.29, 1.82) is 0 Å². The molecule has 3 aromatic rings. The molecule has 8 heteroatoms. The van der Waals surface area contributed by atoms with Crippen LogP contribution in [0.3, 0.4) is 0 Å². The number of benzene rings is 3. The second-order valence-corrected chi connectivity index (χ2v) is 8.93. The largest absolute Gasteiger partial charge is 0.502 e. The summed E-state index contributed by atoms with van der Waals surface area (Å²) in [6.07, 6.45) is 0.704. The smallest absolute Gasteiger partial charge is 0.200 e. The molecule has 0 spiro atoms. The number of hydrogen-bond donors (Lipinski definition) is 3. The van der Waals surface area contributed by atoms with Crippen molar-refractivity contribution >= 4 is 0 Å². The molecule has 3 aromatic carbocycles. The Bertz CT molecular complexity index is 1260. The van der Waals surface area contributed by atoms with Gasteiger partial charge in [-0.2, -0.15) is 0 Å². The lowest BCUT2D eigenvalue weighted by Gasteiger charge is -2.35. The molecular formula is C28H31NO7. The third-order valence-electron chi connectivity index (χ3n) is 7.04. The van der Waals surface area contributed by atoms with E-state index in [-0.39, 0.29) is 29.8 Å². The Morgan fingerprint density at radius 2 is 1.61 bits per heavy atom. The highest BCUT2D eigenvalue weighted by atomic mass is 16.5. The van der Waals surface area contributed by atoms with E-state index in [1.165, 1.54) is 14.2 Å². The average molecular weight is 494 g/mol. The van der Waals surface area contributed by atoms with Crippen molar-refractivity contribution in [3.8, 4) is 45.6 Å². The molecule has 190 valence electrons. The summed E-state index contributed by atoms with van der Waals surface area (Å²) in [5.74, 6) is 2.32. The van der Waals surface area contributed by atoms with Crippen LogP contribution in [-0.4, -0.2) is 51.9 Å². The minimum atomic E-state index is -0.810. The molecular weight excluding hydrogens is 462 g/mol. The van der Waals surface area contributed by atoms with Crippen LogP contribution < -0.4 is 29.0 Å². The van der Waals surface area contributed by atoms with Gasteiger partial charge in [0.05, 0.1) is 34.0 Å². The molecule has 2 aliphatic rings. The van der Waals surface area contributed by atoms with Crippen LogP contribution in [0.5, 0.6) is 34.5 Å². The zero-order valence-electron chi connectivity index (χ0n) is 20.9. The molecule has 0 fully saturated rings. The fourth-order valence-corrected chi connectivity index (χ4v) is 5.28. The lowest BCUT2D eigenvalue weighted by molar-refractivity contribution is 0.0878. The van der Waals surface area contributed by atoms with Crippen molar-refractivity contribution < 1.29 is 33.9 Å². The molecule has 5 rings (SSSR count). The van der Waals surface area contributed by atoms with E-state index in [0.717, 1.165) is 52.0 Å². The van der Waals surface area contributed by atoms with Gasteiger partial charge in [0.15, 0.2) is 11.5 Å². The second kappa shape index (κ2) is 9.79. The minimum Gasteiger partial charge on any atom is -0.502 e. The summed E-state index contributed by atoms with van der Waals surface area (Å²) >= 11 is 0. The van der Waals surface area contributed by atoms with Gasteiger partial charge in [-0.25, -0.2) is 0 Å². The fraction of sp³-hybridized carbons (Fsp3) is 0.357. The second-order valence-electron chi connectivity index (χ2n) is 8.93. The minimum absolute atomic E-state index is 0.0744. The van der Waals surface area contributed by atoms with Gasteiger partial charge in [0, 0.05) is 23.1 Å². The van der Waals surface area contributed by atoms with E-state index in [1.54, 1.807) is 19.2 Å². The third-order valence-corrected chi connectivity index (χ3v) is 7.04. The number of methoxy groups -OCH3 is 3. The molecule has 1 aliphatic carbocycles. The first kappa shape index (κ1) is 24.1. The van der Waals surface area contributed by atoms with Gasteiger partial charge in [0.1, 0.15) is 24.0 Å². The molecule has 0 radical (unpaired) electrons. The van der Waals surface area contributed by atoms with Gasteiger partial charge in [-0.15, -0.1) is 0 Å². The van der Waals surface area contributed by atoms with Crippen molar-refractivity contribution in [1.82, 2.24) is 5.32 Å². The Hall–Kier alpha value is -3.62. The number of phenols is 1. The number of rotatable bonds is 7. The van der Waals surface area contributed by atoms with Gasteiger partial charge >= 0.3 is 0 Å². The standard InChI is InChI=1S/C28H31NO7/c1-29-14-36-16-11-20-17-7-8-22-26(19(17)6-5-18(20)23(12-16)32-2)27(30)21(13-35-22)15-9-24(33-3)28(31)25(10-15)34-4/h7-12,21,27,29-31H,5-6,13-14H2,1-4H3/t21-,27-/m0/s1. The van der Waals surface area contributed by atoms with Crippen LogP contribution in [0.2, 0.25) is 0 Å². The molecule has 1 aliphatic heterocycles. The predicted molar refractivity (Wildman–Crippen MR) is 135 cm³/mol. The quantitative estimate of drug-likeness (QED) is 0.426. The van der Waals surface area contributed by atoms with E-state index >= 15 is 0 Å². The van der Waals surface area contributed by atoms with Crippen LogP contribution in [0.1, 0.15) is 34.3 Å². The van der Waals surface area contributed by atoms with E-state index in [4.69, 9.17) is 23.7 Å². The van der Waals surface area contributed by atoms with Gasteiger partial charge in [-0.05, 0) is 66.4 Å². The number of phenolic OH excluding ortho intramolecular Hbond substituents is 1. The normalized spacial score (nSPS) is 17.8. The fourth-order valence-electron chi connectivity index (χ4n) is 5.28. The molecule has 1 heterocycles. The molecule has 2 atom stereocenters. The summed E-state index contributed by atoms with van der Waals surface area (Å²) in [6.45, 7) is 0.670. The van der Waals surface area contributed by atoms with Crippen molar-refractivity contribution in [2.75, 3.05) is 41.7 Å². The highest BCUT2D eigenvalue weighted by molar-refractivity contribution is 5.79. The summed E-state index contributed by atoms with van der Waals surface area (Å²) < 4.78 is 28.3. The number of aromatic hydroxyl groups is 1. The van der Waals surface area contributed by atoms with Crippen LogP contribution >= 0.6 is 0 Å². The van der Waals surface area contributed by atoms with E-state index in [1.807, 2.05) is 31.3 Å². The summed E-state index contributed by atoms with van der Waals surface area (Å²) in [6, 6.07) is 11.4. The molecule has 0 unspecified atom stereocenters.